The Bertz CT molecular complexity index is 491. The van der Waals surface area contributed by atoms with Gasteiger partial charge in [0.2, 0.25) is 0 Å². The van der Waals surface area contributed by atoms with Gasteiger partial charge >= 0.3 is 0 Å². The Morgan fingerprint density at radius 3 is 2.90 bits per heavy atom. The van der Waals surface area contributed by atoms with Crippen molar-refractivity contribution in [2.75, 3.05) is 19.6 Å². The van der Waals surface area contributed by atoms with Gasteiger partial charge in [-0.15, -0.1) is 0 Å². The first-order valence-electron chi connectivity index (χ1n) is 8.13. The summed E-state index contributed by atoms with van der Waals surface area (Å²) >= 11 is 6.42. The minimum atomic E-state index is 0.553. The van der Waals surface area contributed by atoms with Crippen LogP contribution >= 0.6 is 11.6 Å². The number of fused-ring (bicyclic) bond motifs is 1. The molecule has 0 bridgehead atoms. The van der Waals surface area contributed by atoms with Gasteiger partial charge in [-0.2, -0.15) is 0 Å². The first-order chi connectivity index (χ1) is 10.2. The number of nitrogens with zero attached hydrogens (tertiary/aromatic N) is 2. The van der Waals surface area contributed by atoms with E-state index in [0.29, 0.717) is 12.6 Å². The van der Waals surface area contributed by atoms with Gasteiger partial charge in [-0.3, -0.25) is 9.80 Å². The second-order valence-electron chi connectivity index (χ2n) is 6.55. The van der Waals surface area contributed by atoms with Crippen LogP contribution in [0.3, 0.4) is 0 Å². The van der Waals surface area contributed by atoms with Crippen molar-refractivity contribution >= 4 is 11.6 Å². The van der Waals surface area contributed by atoms with Gasteiger partial charge in [-0.05, 0) is 43.5 Å². The van der Waals surface area contributed by atoms with Gasteiger partial charge in [0.15, 0.2) is 0 Å². The van der Waals surface area contributed by atoms with Crippen LogP contribution in [0.4, 0.5) is 0 Å². The Hall–Kier alpha value is -0.610. The van der Waals surface area contributed by atoms with Crippen LogP contribution in [0.2, 0.25) is 5.02 Å². The third-order valence-corrected chi connectivity index (χ3v) is 5.39. The molecule has 0 saturated carbocycles. The predicted molar refractivity (Wildman–Crippen MR) is 88.4 cm³/mol. The van der Waals surface area contributed by atoms with Crippen molar-refractivity contribution in [2.24, 2.45) is 5.73 Å². The molecule has 2 heterocycles. The molecule has 2 aliphatic heterocycles. The third kappa shape index (κ3) is 3.42. The van der Waals surface area contributed by atoms with E-state index in [0.717, 1.165) is 23.2 Å². The first-order valence-corrected chi connectivity index (χ1v) is 8.50. The monoisotopic (exact) mass is 307 g/mol. The standard InChI is InChI=1S/C17H26ClN3/c1-13-10-20-7-3-2-4-16(20)12-21(13)11-15-6-5-14(9-19)8-17(15)18/h5-6,8,13,16H,2-4,7,9-12,19H2,1H3. The second-order valence-corrected chi connectivity index (χ2v) is 6.96. The summed E-state index contributed by atoms with van der Waals surface area (Å²) in [5, 5.41) is 0.858. The fourth-order valence-corrected chi connectivity index (χ4v) is 3.96. The molecule has 0 radical (unpaired) electrons. The Kier molecular flexibility index (Phi) is 4.85. The summed E-state index contributed by atoms with van der Waals surface area (Å²) in [4.78, 5) is 5.28. The molecule has 0 aliphatic carbocycles. The summed E-state index contributed by atoms with van der Waals surface area (Å²) in [5.41, 5.74) is 8.01. The zero-order valence-electron chi connectivity index (χ0n) is 12.9. The highest BCUT2D eigenvalue weighted by molar-refractivity contribution is 6.31. The van der Waals surface area contributed by atoms with Crippen LogP contribution in [-0.4, -0.2) is 41.5 Å². The van der Waals surface area contributed by atoms with Crippen LogP contribution in [0.5, 0.6) is 0 Å². The van der Waals surface area contributed by atoms with E-state index in [9.17, 15) is 0 Å². The molecule has 1 aromatic rings. The first kappa shape index (κ1) is 15.3. The minimum absolute atomic E-state index is 0.553. The fourth-order valence-electron chi connectivity index (χ4n) is 3.70. The Labute approximate surface area is 133 Å². The number of piperidine rings is 1. The van der Waals surface area contributed by atoms with E-state index < -0.39 is 0 Å². The SMILES string of the molecule is CC1CN2CCCCC2CN1Cc1ccc(CN)cc1Cl. The minimum Gasteiger partial charge on any atom is -0.326 e. The smallest absolute Gasteiger partial charge is 0.0454 e. The Morgan fingerprint density at radius 1 is 1.29 bits per heavy atom. The molecule has 3 rings (SSSR count). The highest BCUT2D eigenvalue weighted by Crippen LogP contribution is 2.27. The Balaban J connectivity index is 1.69. The summed E-state index contributed by atoms with van der Waals surface area (Å²) in [6.07, 6.45) is 4.11. The Morgan fingerprint density at radius 2 is 2.14 bits per heavy atom. The largest absolute Gasteiger partial charge is 0.326 e. The molecule has 116 valence electrons. The van der Waals surface area contributed by atoms with Crippen molar-refractivity contribution in [3.63, 3.8) is 0 Å². The van der Waals surface area contributed by atoms with E-state index in [2.05, 4.69) is 28.9 Å². The predicted octanol–water partition coefficient (Wildman–Crippen LogP) is 2.86. The van der Waals surface area contributed by atoms with Gasteiger partial charge in [0.25, 0.3) is 0 Å². The van der Waals surface area contributed by atoms with Gasteiger partial charge < -0.3 is 5.73 Å². The van der Waals surface area contributed by atoms with Crippen molar-refractivity contribution < 1.29 is 0 Å². The van der Waals surface area contributed by atoms with Crippen molar-refractivity contribution in [2.45, 2.75) is 51.4 Å². The van der Waals surface area contributed by atoms with E-state index in [4.69, 9.17) is 17.3 Å². The summed E-state index contributed by atoms with van der Waals surface area (Å²) in [6, 6.07) is 7.60. The molecule has 2 atom stereocenters. The molecule has 2 saturated heterocycles. The maximum Gasteiger partial charge on any atom is 0.0454 e. The number of nitrogens with two attached hydrogens (primary N) is 1. The maximum absolute atomic E-state index is 6.42. The van der Waals surface area contributed by atoms with Crippen LogP contribution in [-0.2, 0) is 13.1 Å². The van der Waals surface area contributed by atoms with E-state index in [1.165, 1.54) is 44.5 Å². The zero-order chi connectivity index (χ0) is 14.8. The van der Waals surface area contributed by atoms with Crippen molar-refractivity contribution in [1.82, 2.24) is 9.80 Å². The van der Waals surface area contributed by atoms with Gasteiger partial charge in [-0.25, -0.2) is 0 Å². The highest BCUT2D eigenvalue weighted by atomic mass is 35.5. The number of halogens is 1. The van der Waals surface area contributed by atoms with Gasteiger partial charge in [0, 0.05) is 43.3 Å². The van der Waals surface area contributed by atoms with E-state index in [1.807, 2.05) is 6.07 Å². The van der Waals surface area contributed by atoms with E-state index in [-0.39, 0.29) is 0 Å². The quantitative estimate of drug-likeness (QED) is 0.932. The molecule has 3 nitrogen and oxygen atoms in total. The molecule has 0 aromatic heterocycles. The molecule has 21 heavy (non-hydrogen) atoms. The van der Waals surface area contributed by atoms with Gasteiger partial charge in [-0.1, -0.05) is 30.2 Å². The normalized spacial score (nSPS) is 27.6. The lowest BCUT2D eigenvalue weighted by atomic mass is 9.96. The molecular weight excluding hydrogens is 282 g/mol. The maximum atomic E-state index is 6.42. The topological polar surface area (TPSA) is 32.5 Å². The van der Waals surface area contributed by atoms with Crippen molar-refractivity contribution in [3.05, 3.63) is 34.3 Å². The molecule has 2 aliphatic rings. The van der Waals surface area contributed by atoms with Crippen LogP contribution < -0.4 is 5.73 Å². The average Bonchev–Trinajstić information content (AvgIpc) is 2.49. The van der Waals surface area contributed by atoms with Gasteiger partial charge in [0.05, 0.1) is 0 Å². The molecular formula is C17H26ClN3. The summed E-state index contributed by atoms with van der Waals surface area (Å²) in [6.45, 7) is 7.51. The molecule has 4 heteroatoms. The number of rotatable bonds is 3. The summed E-state index contributed by atoms with van der Waals surface area (Å²) in [5.74, 6) is 0. The molecule has 2 N–H and O–H groups in total. The van der Waals surface area contributed by atoms with Crippen molar-refractivity contribution in [3.8, 4) is 0 Å². The molecule has 2 fully saturated rings. The van der Waals surface area contributed by atoms with Crippen LogP contribution in [0.25, 0.3) is 0 Å². The molecule has 0 amide bonds. The number of hydrogen-bond acceptors (Lipinski definition) is 3. The average molecular weight is 308 g/mol. The second kappa shape index (κ2) is 6.66. The number of piperazine rings is 1. The summed E-state index contributed by atoms with van der Waals surface area (Å²) < 4.78 is 0. The van der Waals surface area contributed by atoms with Crippen LogP contribution in [0.15, 0.2) is 18.2 Å². The lowest BCUT2D eigenvalue weighted by molar-refractivity contribution is 0.0111. The zero-order valence-corrected chi connectivity index (χ0v) is 13.6. The van der Waals surface area contributed by atoms with E-state index >= 15 is 0 Å². The van der Waals surface area contributed by atoms with E-state index in [1.54, 1.807) is 0 Å². The molecule has 0 spiro atoms. The number of hydrogen-bond donors (Lipinski definition) is 1. The molecule has 1 aromatic carbocycles. The lowest BCUT2D eigenvalue weighted by Gasteiger charge is -2.47. The number of benzene rings is 1. The van der Waals surface area contributed by atoms with Crippen LogP contribution in [0, 0.1) is 0 Å². The summed E-state index contributed by atoms with van der Waals surface area (Å²) in [7, 11) is 0. The third-order valence-electron chi connectivity index (χ3n) is 5.04. The fraction of sp³-hybridized carbons (Fsp3) is 0.647. The van der Waals surface area contributed by atoms with Crippen LogP contribution in [0.1, 0.15) is 37.3 Å². The van der Waals surface area contributed by atoms with Crippen molar-refractivity contribution in [1.29, 1.82) is 0 Å². The lowest BCUT2D eigenvalue weighted by Crippen LogP contribution is -2.58. The highest BCUT2D eigenvalue weighted by Gasteiger charge is 2.32. The van der Waals surface area contributed by atoms with Gasteiger partial charge in [0.1, 0.15) is 0 Å². The molecule has 2 unspecified atom stereocenters.